The van der Waals surface area contributed by atoms with E-state index in [0.29, 0.717) is 6.54 Å². The molecule has 3 rings (SSSR count). The summed E-state index contributed by atoms with van der Waals surface area (Å²) in [5.74, 6) is 0.918. The highest BCUT2D eigenvalue weighted by molar-refractivity contribution is 6.30. The van der Waals surface area contributed by atoms with Gasteiger partial charge in [0, 0.05) is 50.0 Å². The number of piperazine rings is 1. The lowest BCUT2D eigenvalue weighted by molar-refractivity contribution is -0.120. The summed E-state index contributed by atoms with van der Waals surface area (Å²) in [5.41, 5.74) is 1.19. The van der Waals surface area contributed by atoms with Gasteiger partial charge in [0.1, 0.15) is 0 Å². The number of anilines is 1. The maximum absolute atomic E-state index is 11.7. The molecule has 2 aliphatic rings. The van der Waals surface area contributed by atoms with Crippen molar-refractivity contribution >= 4 is 23.2 Å². The van der Waals surface area contributed by atoms with Crippen LogP contribution >= 0.6 is 11.6 Å². The third-order valence-corrected chi connectivity index (χ3v) is 4.95. The average Bonchev–Trinajstić information content (AvgIpc) is 3.40. The number of halogens is 1. The van der Waals surface area contributed by atoms with Crippen LogP contribution in [0.5, 0.6) is 0 Å². The molecule has 0 radical (unpaired) electrons. The second-order valence-corrected chi connectivity index (χ2v) is 7.17. The summed E-state index contributed by atoms with van der Waals surface area (Å²) < 4.78 is 0. The number of carbonyl (C=O) groups is 1. The van der Waals surface area contributed by atoms with Crippen LogP contribution in [0.2, 0.25) is 5.02 Å². The van der Waals surface area contributed by atoms with Crippen molar-refractivity contribution < 1.29 is 4.79 Å². The number of hydrogen-bond donors (Lipinski definition) is 2. The molecular formula is C18H27ClN4O. The molecule has 1 aromatic carbocycles. The van der Waals surface area contributed by atoms with E-state index in [1.807, 2.05) is 18.2 Å². The Balaban J connectivity index is 1.28. The molecule has 5 nitrogen and oxygen atoms in total. The lowest BCUT2D eigenvalue weighted by atomic mass is 10.2. The zero-order valence-electron chi connectivity index (χ0n) is 14.1. The molecule has 1 aliphatic heterocycles. The number of nitrogens with zero attached hydrogens (tertiary/aromatic N) is 2. The van der Waals surface area contributed by atoms with Crippen molar-refractivity contribution in [3.05, 3.63) is 29.3 Å². The maximum Gasteiger partial charge on any atom is 0.234 e. The topological polar surface area (TPSA) is 47.6 Å². The van der Waals surface area contributed by atoms with Gasteiger partial charge in [-0.05, 0) is 43.5 Å². The number of nitrogens with one attached hydrogen (secondary N) is 2. The van der Waals surface area contributed by atoms with E-state index in [2.05, 4.69) is 26.5 Å². The van der Waals surface area contributed by atoms with Crippen LogP contribution in [0.15, 0.2) is 24.3 Å². The number of carbonyl (C=O) groups excluding carboxylic acids is 1. The van der Waals surface area contributed by atoms with Gasteiger partial charge in [0.2, 0.25) is 5.91 Å². The minimum absolute atomic E-state index is 0.105. The number of amides is 1. The number of rotatable bonds is 8. The largest absolute Gasteiger partial charge is 0.369 e. The predicted octanol–water partition coefficient (Wildman–Crippen LogP) is 1.58. The third-order valence-electron chi connectivity index (χ3n) is 4.71. The van der Waals surface area contributed by atoms with Crippen molar-refractivity contribution in [2.75, 3.05) is 57.3 Å². The molecule has 132 valence electrons. The Kier molecular flexibility index (Phi) is 6.35. The first-order valence-corrected chi connectivity index (χ1v) is 9.29. The van der Waals surface area contributed by atoms with Crippen molar-refractivity contribution in [2.45, 2.75) is 12.8 Å². The fourth-order valence-electron chi connectivity index (χ4n) is 3.03. The Hall–Kier alpha value is -1.30. The van der Waals surface area contributed by atoms with Crippen molar-refractivity contribution in [3.8, 4) is 0 Å². The van der Waals surface area contributed by atoms with Crippen LogP contribution in [0.1, 0.15) is 12.8 Å². The summed E-state index contributed by atoms with van der Waals surface area (Å²) in [6.45, 7) is 7.09. The van der Waals surface area contributed by atoms with E-state index < -0.39 is 0 Å². The summed E-state index contributed by atoms with van der Waals surface area (Å²) in [5, 5.41) is 7.01. The molecule has 1 aromatic rings. The Labute approximate surface area is 149 Å². The molecule has 24 heavy (non-hydrogen) atoms. The van der Waals surface area contributed by atoms with Crippen LogP contribution in [0.3, 0.4) is 0 Å². The maximum atomic E-state index is 11.7. The normalized spacial score (nSPS) is 18.6. The minimum atomic E-state index is 0.105. The molecule has 1 aliphatic carbocycles. The number of hydrogen-bond acceptors (Lipinski definition) is 4. The quantitative estimate of drug-likeness (QED) is 0.747. The number of benzene rings is 1. The molecule has 0 aromatic heterocycles. The molecule has 0 bridgehead atoms. The average molecular weight is 351 g/mol. The molecule has 6 heteroatoms. The van der Waals surface area contributed by atoms with E-state index in [9.17, 15) is 4.79 Å². The predicted molar refractivity (Wildman–Crippen MR) is 98.7 cm³/mol. The van der Waals surface area contributed by atoms with Crippen molar-refractivity contribution in [1.29, 1.82) is 0 Å². The lowest BCUT2D eigenvalue weighted by Gasteiger charge is -2.36. The molecule has 0 atom stereocenters. The second-order valence-electron chi connectivity index (χ2n) is 6.73. The van der Waals surface area contributed by atoms with E-state index in [1.54, 1.807) is 0 Å². The zero-order chi connectivity index (χ0) is 16.8. The standard InChI is InChI=1S/C18H27ClN4O/c19-16-2-1-3-17(12-16)23-10-8-22(9-11-23)7-6-21-18(24)14-20-13-15-4-5-15/h1-3,12,15,20H,4-11,13-14H2,(H,21,24). The zero-order valence-corrected chi connectivity index (χ0v) is 14.9. The molecule has 1 heterocycles. The van der Waals surface area contributed by atoms with E-state index >= 15 is 0 Å². The first-order chi connectivity index (χ1) is 11.7. The monoisotopic (exact) mass is 350 g/mol. The van der Waals surface area contributed by atoms with Crippen LogP contribution < -0.4 is 15.5 Å². The van der Waals surface area contributed by atoms with Gasteiger partial charge in [0.05, 0.1) is 6.54 Å². The van der Waals surface area contributed by atoms with Gasteiger partial charge in [-0.1, -0.05) is 17.7 Å². The molecule has 1 saturated heterocycles. The minimum Gasteiger partial charge on any atom is -0.369 e. The van der Waals surface area contributed by atoms with Crippen LogP contribution in [0.4, 0.5) is 5.69 Å². The summed E-state index contributed by atoms with van der Waals surface area (Å²) >= 11 is 6.07. The Morgan fingerprint density at radius 1 is 1.21 bits per heavy atom. The van der Waals surface area contributed by atoms with Gasteiger partial charge < -0.3 is 15.5 Å². The molecule has 1 saturated carbocycles. The van der Waals surface area contributed by atoms with Crippen LogP contribution in [-0.4, -0.2) is 63.2 Å². The highest BCUT2D eigenvalue weighted by Crippen LogP contribution is 2.27. The summed E-state index contributed by atoms with van der Waals surface area (Å²) in [6.07, 6.45) is 2.63. The SMILES string of the molecule is O=C(CNCC1CC1)NCCN1CCN(c2cccc(Cl)c2)CC1. The fourth-order valence-corrected chi connectivity index (χ4v) is 3.21. The fraction of sp³-hybridized carbons (Fsp3) is 0.611. The second kappa shape index (κ2) is 8.70. The van der Waals surface area contributed by atoms with Crippen molar-refractivity contribution in [1.82, 2.24) is 15.5 Å². The Morgan fingerprint density at radius 2 is 2.00 bits per heavy atom. The van der Waals surface area contributed by atoms with E-state index in [1.165, 1.54) is 18.5 Å². The third kappa shape index (κ3) is 5.65. The van der Waals surface area contributed by atoms with Gasteiger partial charge in [-0.3, -0.25) is 9.69 Å². The summed E-state index contributed by atoms with van der Waals surface area (Å²) in [4.78, 5) is 16.5. The van der Waals surface area contributed by atoms with Crippen LogP contribution in [-0.2, 0) is 4.79 Å². The molecule has 1 amide bonds. The lowest BCUT2D eigenvalue weighted by Crippen LogP contribution is -2.49. The first kappa shape index (κ1) is 17.5. The Morgan fingerprint density at radius 3 is 2.71 bits per heavy atom. The Bertz CT molecular complexity index is 542. The van der Waals surface area contributed by atoms with Crippen molar-refractivity contribution in [2.24, 2.45) is 5.92 Å². The van der Waals surface area contributed by atoms with E-state index in [0.717, 1.165) is 56.8 Å². The van der Waals surface area contributed by atoms with Crippen molar-refractivity contribution in [3.63, 3.8) is 0 Å². The van der Waals surface area contributed by atoms with Crippen LogP contribution in [0.25, 0.3) is 0 Å². The van der Waals surface area contributed by atoms with Gasteiger partial charge in [-0.15, -0.1) is 0 Å². The van der Waals surface area contributed by atoms with Gasteiger partial charge in [-0.25, -0.2) is 0 Å². The van der Waals surface area contributed by atoms with E-state index in [-0.39, 0.29) is 5.91 Å². The van der Waals surface area contributed by atoms with Gasteiger partial charge in [-0.2, -0.15) is 0 Å². The highest BCUT2D eigenvalue weighted by atomic mass is 35.5. The molecular weight excluding hydrogens is 324 g/mol. The van der Waals surface area contributed by atoms with Gasteiger partial charge in [0.15, 0.2) is 0 Å². The summed E-state index contributed by atoms with van der Waals surface area (Å²) in [6, 6.07) is 8.03. The van der Waals surface area contributed by atoms with Crippen LogP contribution in [0, 0.1) is 5.92 Å². The smallest absolute Gasteiger partial charge is 0.234 e. The molecule has 0 spiro atoms. The highest BCUT2D eigenvalue weighted by Gasteiger charge is 2.20. The van der Waals surface area contributed by atoms with Gasteiger partial charge in [0.25, 0.3) is 0 Å². The molecule has 2 fully saturated rings. The first-order valence-electron chi connectivity index (χ1n) is 8.91. The summed E-state index contributed by atoms with van der Waals surface area (Å²) in [7, 11) is 0. The molecule has 2 N–H and O–H groups in total. The van der Waals surface area contributed by atoms with E-state index in [4.69, 9.17) is 11.6 Å². The van der Waals surface area contributed by atoms with Gasteiger partial charge >= 0.3 is 0 Å². The molecule has 0 unspecified atom stereocenters.